The quantitative estimate of drug-likeness (QED) is 0.460. The standard InChI is InChI=1S/C11H21NO/c1-3-13-8-4-7-12-10(2)9-11-5-6-11/h3,10-12H,1,4-9H2,2H3. The first kappa shape index (κ1) is 10.6. The molecule has 1 rings (SSSR count). The highest BCUT2D eigenvalue weighted by atomic mass is 16.5. The lowest BCUT2D eigenvalue weighted by Crippen LogP contribution is -2.27. The van der Waals surface area contributed by atoms with Gasteiger partial charge in [0.2, 0.25) is 0 Å². The van der Waals surface area contributed by atoms with E-state index in [0.29, 0.717) is 6.04 Å². The monoisotopic (exact) mass is 183 g/mol. The van der Waals surface area contributed by atoms with Crippen LogP contribution < -0.4 is 5.32 Å². The van der Waals surface area contributed by atoms with Crippen molar-refractivity contribution in [2.75, 3.05) is 13.2 Å². The van der Waals surface area contributed by atoms with Crippen LogP contribution in [0.2, 0.25) is 0 Å². The zero-order valence-corrected chi connectivity index (χ0v) is 8.59. The van der Waals surface area contributed by atoms with E-state index in [1.165, 1.54) is 25.5 Å². The highest BCUT2D eigenvalue weighted by Crippen LogP contribution is 2.33. The predicted octanol–water partition coefficient (Wildman–Crippen LogP) is 2.31. The second-order valence-corrected chi connectivity index (χ2v) is 3.93. The molecule has 1 fully saturated rings. The molecule has 1 aliphatic rings. The van der Waals surface area contributed by atoms with Gasteiger partial charge in [-0.05, 0) is 32.2 Å². The van der Waals surface area contributed by atoms with Gasteiger partial charge in [-0.15, -0.1) is 0 Å². The summed E-state index contributed by atoms with van der Waals surface area (Å²) in [6.45, 7) is 7.61. The van der Waals surface area contributed by atoms with Crippen LogP contribution in [0.4, 0.5) is 0 Å². The van der Waals surface area contributed by atoms with Crippen LogP contribution in [-0.4, -0.2) is 19.2 Å². The zero-order chi connectivity index (χ0) is 9.52. The van der Waals surface area contributed by atoms with Crippen molar-refractivity contribution in [2.45, 2.75) is 38.6 Å². The van der Waals surface area contributed by atoms with Crippen molar-refractivity contribution in [3.8, 4) is 0 Å². The average molecular weight is 183 g/mol. The Morgan fingerprint density at radius 2 is 2.38 bits per heavy atom. The molecule has 0 amide bonds. The molecule has 0 saturated heterocycles. The summed E-state index contributed by atoms with van der Waals surface area (Å²) in [4.78, 5) is 0. The lowest BCUT2D eigenvalue weighted by atomic mass is 10.1. The molecular formula is C11H21NO. The zero-order valence-electron chi connectivity index (χ0n) is 8.59. The molecule has 0 aromatic carbocycles. The third-order valence-corrected chi connectivity index (χ3v) is 2.43. The molecule has 13 heavy (non-hydrogen) atoms. The molecule has 1 atom stereocenters. The van der Waals surface area contributed by atoms with Gasteiger partial charge in [0.1, 0.15) is 0 Å². The van der Waals surface area contributed by atoms with Crippen molar-refractivity contribution in [1.29, 1.82) is 0 Å². The number of ether oxygens (including phenoxy) is 1. The molecule has 0 heterocycles. The van der Waals surface area contributed by atoms with Crippen molar-refractivity contribution in [2.24, 2.45) is 5.92 Å². The molecule has 0 aromatic rings. The van der Waals surface area contributed by atoms with Crippen LogP contribution in [-0.2, 0) is 4.74 Å². The van der Waals surface area contributed by atoms with E-state index in [9.17, 15) is 0 Å². The van der Waals surface area contributed by atoms with Crippen molar-refractivity contribution >= 4 is 0 Å². The van der Waals surface area contributed by atoms with Gasteiger partial charge in [-0.25, -0.2) is 0 Å². The van der Waals surface area contributed by atoms with Crippen LogP contribution in [0.15, 0.2) is 12.8 Å². The van der Waals surface area contributed by atoms with Crippen molar-refractivity contribution in [3.63, 3.8) is 0 Å². The van der Waals surface area contributed by atoms with Crippen LogP contribution in [0.25, 0.3) is 0 Å². The molecule has 0 aromatic heterocycles. The molecule has 0 radical (unpaired) electrons. The summed E-state index contributed by atoms with van der Waals surface area (Å²) in [7, 11) is 0. The Labute approximate surface area is 81.4 Å². The van der Waals surface area contributed by atoms with E-state index in [4.69, 9.17) is 4.74 Å². The van der Waals surface area contributed by atoms with Crippen molar-refractivity contribution in [1.82, 2.24) is 5.32 Å². The Morgan fingerprint density at radius 1 is 1.62 bits per heavy atom. The van der Waals surface area contributed by atoms with Crippen LogP contribution >= 0.6 is 0 Å². The molecule has 0 aliphatic heterocycles. The summed E-state index contributed by atoms with van der Waals surface area (Å²) in [5.41, 5.74) is 0. The Kier molecular flexibility index (Phi) is 4.91. The normalized spacial score (nSPS) is 18.2. The number of hydrogen-bond acceptors (Lipinski definition) is 2. The Balaban J connectivity index is 1.82. The van der Waals surface area contributed by atoms with Gasteiger partial charge in [0.25, 0.3) is 0 Å². The van der Waals surface area contributed by atoms with Crippen molar-refractivity contribution in [3.05, 3.63) is 12.8 Å². The van der Waals surface area contributed by atoms with Crippen molar-refractivity contribution < 1.29 is 4.74 Å². The lowest BCUT2D eigenvalue weighted by molar-refractivity contribution is 0.242. The number of rotatable bonds is 8. The van der Waals surface area contributed by atoms with Crippen LogP contribution in [0.3, 0.4) is 0 Å². The first-order valence-electron chi connectivity index (χ1n) is 5.29. The van der Waals surface area contributed by atoms with Crippen LogP contribution in [0.5, 0.6) is 0 Å². The summed E-state index contributed by atoms with van der Waals surface area (Å²) in [6.07, 6.45) is 6.83. The fourth-order valence-corrected chi connectivity index (χ4v) is 1.52. The minimum absolute atomic E-state index is 0.677. The fraction of sp³-hybridized carbons (Fsp3) is 0.818. The SMILES string of the molecule is C=COCCCNC(C)CC1CC1. The van der Waals surface area contributed by atoms with E-state index in [1.54, 1.807) is 0 Å². The average Bonchev–Trinajstić information content (AvgIpc) is 2.88. The maximum Gasteiger partial charge on any atom is 0.0885 e. The summed E-state index contributed by atoms with van der Waals surface area (Å²) in [5.74, 6) is 1.02. The van der Waals surface area contributed by atoms with E-state index in [2.05, 4.69) is 18.8 Å². The third kappa shape index (κ3) is 5.69. The van der Waals surface area contributed by atoms with E-state index >= 15 is 0 Å². The third-order valence-electron chi connectivity index (χ3n) is 2.43. The molecule has 1 saturated carbocycles. The first-order chi connectivity index (χ1) is 6.33. The highest BCUT2D eigenvalue weighted by molar-refractivity contribution is 4.77. The second-order valence-electron chi connectivity index (χ2n) is 3.93. The maximum absolute atomic E-state index is 5.03. The van der Waals surface area contributed by atoms with Gasteiger partial charge in [0.05, 0.1) is 12.9 Å². The molecule has 2 nitrogen and oxygen atoms in total. The smallest absolute Gasteiger partial charge is 0.0885 e. The summed E-state index contributed by atoms with van der Waals surface area (Å²) < 4.78 is 5.03. The molecule has 2 heteroatoms. The molecule has 0 bridgehead atoms. The van der Waals surface area contributed by atoms with E-state index in [-0.39, 0.29) is 0 Å². The second kappa shape index (κ2) is 6.03. The van der Waals surface area contributed by atoms with Gasteiger partial charge in [0.15, 0.2) is 0 Å². The molecule has 0 spiro atoms. The molecular weight excluding hydrogens is 162 g/mol. The number of nitrogens with one attached hydrogen (secondary N) is 1. The minimum atomic E-state index is 0.677. The lowest BCUT2D eigenvalue weighted by Gasteiger charge is -2.12. The van der Waals surface area contributed by atoms with E-state index in [0.717, 1.165) is 25.5 Å². The fourth-order valence-electron chi connectivity index (χ4n) is 1.52. The summed E-state index contributed by atoms with van der Waals surface area (Å²) in [5, 5.41) is 3.50. The van der Waals surface area contributed by atoms with Gasteiger partial charge in [0, 0.05) is 6.04 Å². The number of hydrogen-bond donors (Lipinski definition) is 1. The first-order valence-corrected chi connectivity index (χ1v) is 5.29. The Bertz CT molecular complexity index is 143. The minimum Gasteiger partial charge on any atom is -0.502 e. The Hall–Kier alpha value is -0.500. The van der Waals surface area contributed by atoms with Gasteiger partial charge in [-0.3, -0.25) is 0 Å². The topological polar surface area (TPSA) is 21.3 Å². The summed E-state index contributed by atoms with van der Waals surface area (Å²) in [6, 6.07) is 0.677. The molecule has 1 unspecified atom stereocenters. The predicted molar refractivity (Wildman–Crippen MR) is 55.6 cm³/mol. The molecule has 1 N–H and O–H groups in total. The van der Waals surface area contributed by atoms with Gasteiger partial charge in [-0.2, -0.15) is 0 Å². The van der Waals surface area contributed by atoms with Crippen LogP contribution in [0, 0.1) is 5.92 Å². The molecule has 76 valence electrons. The summed E-state index contributed by atoms with van der Waals surface area (Å²) >= 11 is 0. The van der Waals surface area contributed by atoms with Gasteiger partial charge in [-0.1, -0.05) is 19.4 Å². The highest BCUT2D eigenvalue weighted by Gasteiger charge is 2.22. The van der Waals surface area contributed by atoms with Gasteiger partial charge < -0.3 is 10.1 Å². The van der Waals surface area contributed by atoms with E-state index < -0.39 is 0 Å². The van der Waals surface area contributed by atoms with Crippen LogP contribution in [0.1, 0.15) is 32.6 Å². The molecule has 1 aliphatic carbocycles. The Morgan fingerprint density at radius 3 is 3.00 bits per heavy atom. The van der Waals surface area contributed by atoms with Gasteiger partial charge >= 0.3 is 0 Å². The largest absolute Gasteiger partial charge is 0.502 e. The van der Waals surface area contributed by atoms with E-state index in [1.807, 2.05) is 0 Å². The maximum atomic E-state index is 5.03.